The second-order valence-electron chi connectivity index (χ2n) is 8.10. The van der Waals surface area contributed by atoms with Gasteiger partial charge in [0.2, 0.25) is 0 Å². The van der Waals surface area contributed by atoms with Crippen molar-refractivity contribution >= 4 is 12.1 Å². The Bertz CT molecular complexity index is 490. The number of hydrogen-bond donors (Lipinski definition) is 1. The van der Waals surface area contributed by atoms with E-state index in [1.54, 1.807) is 0 Å². The molecule has 0 saturated heterocycles. The molecule has 0 unspecified atom stereocenters. The predicted octanol–water partition coefficient (Wildman–Crippen LogP) is 5.63. The number of nitrogens with zero attached hydrogens (tertiary/aromatic N) is 1. The molecule has 0 aromatic carbocycles. The molecule has 0 aromatic heterocycles. The van der Waals surface area contributed by atoms with Crippen molar-refractivity contribution < 1.29 is 19.1 Å². The van der Waals surface area contributed by atoms with Crippen molar-refractivity contribution in [3.63, 3.8) is 0 Å². The maximum Gasteiger partial charge on any atom is 0.407 e. The average molecular weight is 439 g/mol. The quantitative estimate of drug-likeness (QED) is 0.152. The number of alkyl carbamates (subject to hydrolysis) is 1. The Labute approximate surface area is 190 Å². The van der Waals surface area contributed by atoms with Crippen molar-refractivity contribution in [2.24, 2.45) is 0 Å². The minimum Gasteiger partial charge on any atom is -0.464 e. The molecule has 0 aromatic rings. The third-order valence-electron chi connectivity index (χ3n) is 4.76. The van der Waals surface area contributed by atoms with Crippen LogP contribution in [0.4, 0.5) is 4.79 Å². The van der Waals surface area contributed by atoms with Crippen LogP contribution in [0.2, 0.25) is 0 Å². The summed E-state index contributed by atoms with van der Waals surface area (Å²) in [5.74, 6) is -0.424. The van der Waals surface area contributed by atoms with Crippen LogP contribution in [0.1, 0.15) is 84.0 Å². The third-order valence-corrected chi connectivity index (χ3v) is 4.76. The zero-order valence-electron chi connectivity index (χ0n) is 20.2. The highest BCUT2D eigenvalue weighted by Gasteiger charge is 2.07. The number of hydrogen-bond acceptors (Lipinski definition) is 5. The van der Waals surface area contributed by atoms with Crippen LogP contribution in [-0.2, 0) is 14.3 Å². The summed E-state index contributed by atoms with van der Waals surface area (Å²) in [7, 11) is 3.79. The minimum atomic E-state index is -0.590. The van der Waals surface area contributed by atoms with Crippen molar-refractivity contribution in [3.05, 3.63) is 24.3 Å². The minimum absolute atomic E-state index is 0.150. The Morgan fingerprint density at radius 3 is 2.03 bits per heavy atom. The van der Waals surface area contributed by atoms with Gasteiger partial charge in [-0.3, -0.25) is 4.79 Å². The summed E-state index contributed by atoms with van der Waals surface area (Å²) in [6.07, 6.45) is 22.7. The summed E-state index contributed by atoms with van der Waals surface area (Å²) in [5.41, 5.74) is 0. The standard InChI is InChI=1S/C25H46N2O4/c1-4-5-6-7-8-9-10-11-12-13-14-15-16-17-18-19-21-30-24(28)23-26-25(29)31-22-20-27(2)3/h8-9,11-12H,4-7,10,13-23H2,1-3H3,(H,26,29)/b9-8-,12-11-. The maximum absolute atomic E-state index is 11.6. The van der Waals surface area contributed by atoms with E-state index in [-0.39, 0.29) is 6.54 Å². The van der Waals surface area contributed by atoms with Crippen molar-refractivity contribution in [2.75, 3.05) is 40.4 Å². The molecule has 0 heterocycles. The Morgan fingerprint density at radius 1 is 0.774 bits per heavy atom. The van der Waals surface area contributed by atoms with Gasteiger partial charge < -0.3 is 19.7 Å². The van der Waals surface area contributed by atoms with Gasteiger partial charge in [-0.05, 0) is 52.6 Å². The van der Waals surface area contributed by atoms with Gasteiger partial charge in [0.1, 0.15) is 13.2 Å². The van der Waals surface area contributed by atoms with Gasteiger partial charge in [0.15, 0.2) is 0 Å². The Morgan fingerprint density at radius 2 is 1.39 bits per heavy atom. The van der Waals surface area contributed by atoms with Crippen LogP contribution in [-0.4, -0.2) is 57.4 Å². The molecule has 31 heavy (non-hydrogen) atoms. The SMILES string of the molecule is CCCCC/C=C\C/C=C\CCCCCCCCOC(=O)CNC(=O)OCCN(C)C. The number of amides is 1. The summed E-state index contributed by atoms with van der Waals surface area (Å²) in [6.45, 7) is 3.43. The van der Waals surface area contributed by atoms with Gasteiger partial charge in [-0.2, -0.15) is 0 Å². The highest BCUT2D eigenvalue weighted by atomic mass is 16.6. The molecule has 6 nitrogen and oxygen atoms in total. The van der Waals surface area contributed by atoms with Crippen molar-refractivity contribution in [1.82, 2.24) is 10.2 Å². The van der Waals surface area contributed by atoms with E-state index < -0.39 is 12.1 Å². The van der Waals surface area contributed by atoms with E-state index >= 15 is 0 Å². The second-order valence-corrected chi connectivity index (χ2v) is 8.10. The Kier molecular flexibility index (Phi) is 21.5. The molecule has 1 N–H and O–H groups in total. The number of unbranched alkanes of at least 4 members (excludes halogenated alkanes) is 9. The zero-order valence-corrected chi connectivity index (χ0v) is 20.2. The normalized spacial score (nSPS) is 11.5. The number of carbonyl (C=O) groups excluding carboxylic acids is 2. The Balaban J connectivity index is 3.35. The van der Waals surface area contributed by atoms with Crippen molar-refractivity contribution in [3.8, 4) is 0 Å². The maximum atomic E-state index is 11.6. The van der Waals surface area contributed by atoms with Gasteiger partial charge >= 0.3 is 12.1 Å². The first-order valence-corrected chi connectivity index (χ1v) is 12.1. The van der Waals surface area contributed by atoms with Gasteiger partial charge in [-0.25, -0.2) is 4.79 Å². The number of ether oxygens (including phenoxy) is 2. The molecule has 1 amide bonds. The lowest BCUT2D eigenvalue weighted by Crippen LogP contribution is -2.32. The number of carbonyl (C=O) groups is 2. The molecule has 0 aliphatic rings. The molecule has 0 saturated carbocycles. The number of allylic oxidation sites excluding steroid dienone is 4. The number of likely N-dealkylation sites (N-methyl/N-ethyl adjacent to an activating group) is 1. The lowest BCUT2D eigenvalue weighted by Gasteiger charge is -2.10. The van der Waals surface area contributed by atoms with E-state index in [1.807, 2.05) is 19.0 Å². The van der Waals surface area contributed by atoms with Crippen LogP contribution in [0.25, 0.3) is 0 Å². The molecule has 0 rings (SSSR count). The van der Waals surface area contributed by atoms with Crippen LogP contribution in [0, 0.1) is 0 Å². The molecular formula is C25H46N2O4. The van der Waals surface area contributed by atoms with Crippen molar-refractivity contribution in [1.29, 1.82) is 0 Å². The first kappa shape index (κ1) is 29.2. The topological polar surface area (TPSA) is 67.9 Å². The number of nitrogens with one attached hydrogen (secondary N) is 1. The Hall–Kier alpha value is -1.82. The molecule has 0 radical (unpaired) electrons. The van der Waals surface area contributed by atoms with Crippen LogP contribution < -0.4 is 5.32 Å². The van der Waals surface area contributed by atoms with E-state index in [9.17, 15) is 9.59 Å². The molecule has 0 fully saturated rings. The summed E-state index contributed by atoms with van der Waals surface area (Å²) < 4.78 is 10.1. The van der Waals surface area contributed by atoms with Gasteiger partial charge in [0, 0.05) is 6.54 Å². The molecular weight excluding hydrogens is 392 g/mol. The highest BCUT2D eigenvalue weighted by Crippen LogP contribution is 2.08. The monoisotopic (exact) mass is 438 g/mol. The molecule has 0 aliphatic heterocycles. The fourth-order valence-corrected chi connectivity index (χ4v) is 2.84. The fraction of sp³-hybridized carbons (Fsp3) is 0.760. The summed E-state index contributed by atoms with van der Waals surface area (Å²) in [6, 6.07) is 0. The second kappa shape index (κ2) is 22.9. The van der Waals surface area contributed by atoms with E-state index in [2.05, 4.69) is 36.5 Å². The van der Waals surface area contributed by atoms with Crippen LogP contribution in [0.15, 0.2) is 24.3 Å². The van der Waals surface area contributed by atoms with Gasteiger partial charge in [0.25, 0.3) is 0 Å². The lowest BCUT2D eigenvalue weighted by molar-refractivity contribution is -0.142. The van der Waals surface area contributed by atoms with E-state index in [0.717, 1.165) is 32.1 Å². The summed E-state index contributed by atoms with van der Waals surface area (Å²) in [5, 5.41) is 2.40. The zero-order chi connectivity index (χ0) is 23.0. The number of esters is 1. The van der Waals surface area contributed by atoms with Crippen LogP contribution in [0.3, 0.4) is 0 Å². The third kappa shape index (κ3) is 24.3. The number of rotatable bonds is 20. The van der Waals surface area contributed by atoms with Gasteiger partial charge in [-0.1, -0.05) is 69.8 Å². The first-order chi connectivity index (χ1) is 15.1. The summed E-state index contributed by atoms with van der Waals surface area (Å²) >= 11 is 0. The van der Waals surface area contributed by atoms with Crippen LogP contribution in [0.5, 0.6) is 0 Å². The molecule has 6 heteroatoms. The molecule has 0 spiro atoms. The lowest BCUT2D eigenvalue weighted by atomic mass is 10.1. The van der Waals surface area contributed by atoms with Crippen LogP contribution >= 0.6 is 0 Å². The van der Waals surface area contributed by atoms with E-state index in [0.29, 0.717) is 19.8 Å². The first-order valence-electron chi connectivity index (χ1n) is 12.1. The predicted molar refractivity (Wildman–Crippen MR) is 128 cm³/mol. The molecule has 0 bridgehead atoms. The largest absolute Gasteiger partial charge is 0.464 e. The van der Waals surface area contributed by atoms with Gasteiger partial charge in [-0.15, -0.1) is 0 Å². The average Bonchev–Trinajstić information content (AvgIpc) is 2.74. The molecule has 0 aliphatic carbocycles. The van der Waals surface area contributed by atoms with E-state index in [1.165, 1.54) is 44.9 Å². The van der Waals surface area contributed by atoms with Crippen molar-refractivity contribution in [2.45, 2.75) is 84.0 Å². The molecule has 180 valence electrons. The summed E-state index contributed by atoms with van der Waals surface area (Å²) in [4.78, 5) is 24.9. The smallest absolute Gasteiger partial charge is 0.407 e. The van der Waals surface area contributed by atoms with E-state index in [4.69, 9.17) is 9.47 Å². The highest BCUT2D eigenvalue weighted by molar-refractivity contribution is 5.77. The fourth-order valence-electron chi connectivity index (χ4n) is 2.84. The molecule has 0 atom stereocenters. The van der Waals surface area contributed by atoms with Gasteiger partial charge in [0.05, 0.1) is 6.61 Å².